The van der Waals surface area contributed by atoms with Crippen LogP contribution >= 0.6 is 0 Å². The summed E-state index contributed by atoms with van der Waals surface area (Å²) in [4.78, 5) is 8.21. The van der Waals surface area contributed by atoms with Crippen LogP contribution in [0.5, 0.6) is 0 Å². The molecule has 0 aliphatic carbocycles. The fraction of sp³-hybridized carbons (Fsp3) is 0.0714. The summed E-state index contributed by atoms with van der Waals surface area (Å²) in [5, 5.41) is 0.961. The number of aromatic nitrogens is 3. The number of oxazole rings is 1. The first kappa shape index (κ1) is 9.27. The minimum absolute atomic E-state index is 0.735. The van der Waals surface area contributed by atoms with E-state index in [1.807, 2.05) is 22.9 Å². The molecule has 0 radical (unpaired) electrons. The van der Waals surface area contributed by atoms with Gasteiger partial charge in [0, 0.05) is 18.6 Å². The van der Waals surface area contributed by atoms with E-state index < -0.39 is 0 Å². The van der Waals surface area contributed by atoms with Gasteiger partial charge in [0.05, 0.1) is 22.7 Å². The van der Waals surface area contributed by atoms with E-state index in [1.165, 1.54) is 0 Å². The molecule has 5 heterocycles. The highest BCUT2D eigenvalue weighted by molar-refractivity contribution is 5.98. The lowest BCUT2D eigenvalue weighted by Crippen LogP contribution is -2.30. The van der Waals surface area contributed by atoms with Gasteiger partial charge in [-0.3, -0.25) is 9.97 Å². The van der Waals surface area contributed by atoms with E-state index in [0.29, 0.717) is 0 Å². The number of pyridine rings is 2. The molecule has 4 aromatic rings. The summed E-state index contributed by atoms with van der Waals surface area (Å²) >= 11 is 0. The maximum Gasteiger partial charge on any atom is 0.422 e. The molecule has 5 rings (SSSR count). The van der Waals surface area contributed by atoms with E-state index in [4.69, 9.17) is 8.83 Å². The van der Waals surface area contributed by atoms with E-state index in [-0.39, 0.29) is 0 Å². The molecule has 5 heteroatoms. The Morgan fingerprint density at radius 1 is 1.05 bits per heavy atom. The van der Waals surface area contributed by atoms with Crippen LogP contribution in [0.25, 0.3) is 33.7 Å². The highest BCUT2D eigenvalue weighted by Gasteiger charge is 2.37. The highest BCUT2D eigenvalue weighted by atomic mass is 16.4. The van der Waals surface area contributed by atoms with Gasteiger partial charge in [-0.15, -0.1) is 4.57 Å². The molecule has 0 amide bonds. The molecule has 90 valence electrons. The molecular formula is C14H8N3O2+. The predicted octanol–water partition coefficient (Wildman–Crippen LogP) is 2.29. The van der Waals surface area contributed by atoms with Gasteiger partial charge in [-0.1, -0.05) is 0 Å². The molecule has 0 bridgehead atoms. The molecule has 0 atom stereocenters. The number of fused-ring (bicyclic) bond motifs is 7. The smallest absolute Gasteiger partial charge is 0.400 e. The van der Waals surface area contributed by atoms with Crippen LogP contribution in [0.15, 0.2) is 45.8 Å². The fourth-order valence-corrected chi connectivity index (χ4v) is 2.71. The quantitative estimate of drug-likeness (QED) is 0.396. The van der Waals surface area contributed by atoms with Crippen molar-refractivity contribution in [2.45, 2.75) is 6.54 Å². The van der Waals surface area contributed by atoms with Gasteiger partial charge in [-0.25, -0.2) is 0 Å². The van der Waals surface area contributed by atoms with Crippen molar-refractivity contribution in [3.05, 3.63) is 42.5 Å². The average Bonchev–Trinajstić information content (AvgIpc) is 3.07. The molecule has 0 aromatic carbocycles. The number of hydrogen-bond acceptors (Lipinski definition) is 4. The van der Waals surface area contributed by atoms with Gasteiger partial charge in [0.15, 0.2) is 12.1 Å². The van der Waals surface area contributed by atoms with Crippen LogP contribution in [0, 0.1) is 0 Å². The molecule has 0 unspecified atom stereocenters. The predicted molar refractivity (Wildman–Crippen MR) is 66.3 cm³/mol. The number of nitrogens with zero attached hydrogens (tertiary/aromatic N) is 3. The Morgan fingerprint density at radius 3 is 2.95 bits per heavy atom. The standard InChI is InChI=1S/C14H8N3O2/c1-3-15-5-8-7-17-13(9(1)8)19-12-10-2-4-16-6-11(10)18-14(12)17/h1-6H,7H2/q+1. The summed E-state index contributed by atoms with van der Waals surface area (Å²) in [6.07, 6.45) is 7.10. The number of furan rings is 1. The second-order valence-electron chi connectivity index (χ2n) is 4.63. The van der Waals surface area contributed by atoms with Gasteiger partial charge in [0.2, 0.25) is 0 Å². The second-order valence-corrected chi connectivity index (χ2v) is 4.63. The Balaban J connectivity index is 1.93. The van der Waals surface area contributed by atoms with Gasteiger partial charge in [0.25, 0.3) is 5.58 Å². The Bertz CT molecular complexity index is 952. The third-order valence-corrected chi connectivity index (χ3v) is 3.58. The summed E-state index contributed by atoms with van der Waals surface area (Å²) in [6, 6.07) is 3.88. The van der Waals surface area contributed by atoms with E-state index in [0.717, 1.165) is 45.8 Å². The molecule has 0 saturated carbocycles. The summed E-state index contributed by atoms with van der Waals surface area (Å²) in [5.74, 6) is 0.838. The van der Waals surface area contributed by atoms with Gasteiger partial charge in [-0.2, -0.15) is 0 Å². The second kappa shape index (κ2) is 3.00. The zero-order valence-corrected chi connectivity index (χ0v) is 9.83. The lowest BCUT2D eigenvalue weighted by Gasteiger charge is -1.88. The Kier molecular flexibility index (Phi) is 1.46. The van der Waals surface area contributed by atoms with Gasteiger partial charge in [0.1, 0.15) is 0 Å². The number of hydrogen-bond donors (Lipinski definition) is 0. The van der Waals surface area contributed by atoms with Gasteiger partial charge >= 0.3 is 11.6 Å². The van der Waals surface area contributed by atoms with Gasteiger partial charge < -0.3 is 8.83 Å². The normalized spacial score (nSPS) is 13.1. The lowest BCUT2D eigenvalue weighted by molar-refractivity contribution is -0.655. The van der Waals surface area contributed by atoms with Crippen molar-refractivity contribution < 1.29 is 13.4 Å². The summed E-state index contributed by atoms with van der Waals surface area (Å²) < 4.78 is 13.9. The van der Waals surface area contributed by atoms with Crippen molar-refractivity contribution in [3.63, 3.8) is 0 Å². The minimum atomic E-state index is 0.735. The van der Waals surface area contributed by atoms with Gasteiger partial charge in [-0.05, 0) is 12.1 Å². The molecule has 0 saturated heterocycles. The van der Waals surface area contributed by atoms with Crippen LogP contribution in [0.4, 0.5) is 0 Å². The van der Waals surface area contributed by atoms with Crippen molar-refractivity contribution in [2.24, 2.45) is 0 Å². The van der Waals surface area contributed by atoms with Crippen molar-refractivity contribution in [3.8, 4) is 11.5 Å². The first-order valence-electron chi connectivity index (χ1n) is 6.04. The third kappa shape index (κ3) is 1.03. The van der Waals surface area contributed by atoms with Crippen LogP contribution < -0.4 is 4.57 Å². The average molecular weight is 250 g/mol. The molecule has 19 heavy (non-hydrogen) atoms. The summed E-state index contributed by atoms with van der Waals surface area (Å²) in [5.41, 5.74) is 4.54. The van der Waals surface area contributed by atoms with E-state index in [9.17, 15) is 0 Å². The molecule has 0 spiro atoms. The Labute approximate surface area is 107 Å². The molecule has 1 aliphatic rings. The molecule has 0 N–H and O–H groups in total. The molecule has 4 aromatic heterocycles. The monoisotopic (exact) mass is 250 g/mol. The fourth-order valence-electron chi connectivity index (χ4n) is 2.71. The van der Waals surface area contributed by atoms with Crippen LogP contribution in [0.2, 0.25) is 0 Å². The summed E-state index contributed by atoms with van der Waals surface area (Å²) in [6.45, 7) is 0.735. The zero-order chi connectivity index (χ0) is 12.4. The van der Waals surface area contributed by atoms with Crippen molar-refractivity contribution in [1.29, 1.82) is 0 Å². The van der Waals surface area contributed by atoms with Crippen LogP contribution in [-0.4, -0.2) is 9.97 Å². The van der Waals surface area contributed by atoms with Crippen molar-refractivity contribution >= 4 is 22.3 Å². The van der Waals surface area contributed by atoms with Crippen LogP contribution in [0.3, 0.4) is 0 Å². The summed E-state index contributed by atoms with van der Waals surface area (Å²) in [7, 11) is 0. The largest absolute Gasteiger partial charge is 0.422 e. The zero-order valence-electron chi connectivity index (χ0n) is 9.83. The van der Waals surface area contributed by atoms with Crippen molar-refractivity contribution in [2.75, 3.05) is 0 Å². The van der Waals surface area contributed by atoms with E-state index in [1.54, 1.807) is 18.6 Å². The van der Waals surface area contributed by atoms with E-state index >= 15 is 0 Å². The van der Waals surface area contributed by atoms with Crippen molar-refractivity contribution in [1.82, 2.24) is 9.97 Å². The molecule has 5 nitrogen and oxygen atoms in total. The maximum absolute atomic E-state index is 6.00. The molecule has 0 fully saturated rings. The topological polar surface area (TPSA) is 55.9 Å². The van der Waals surface area contributed by atoms with E-state index in [2.05, 4.69) is 9.97 Å². The highest BCUT2D eigenvalue weighted by Crippen LogP contribution is 2.34. The van der Waals surface area contributed by atoms with Crippen LogP contribution in [0.1, 0.15) is 5.56 Å². The Morgan fingerprint density at radius 2 is 1.95 bits per heavy atom. The first-order chi connectivity index (χ1) is 9.42. The first-order valence-corrected chi connectivity index (χ1v) is 6.04. The third-order valence-electron chi connectivity index (χ3n) is 3.58. The molecular weight excluding hydrogens is 242 g/mol. The lowest BCUT2D eigenvalue weighted by atomic mass is 10.2. The SMILES string of the molecule is c1cc2c(cn1)C[n+]1c-2oc2c3ccncc3oc21. The number of rotatable bonds is 0. The molecule has 1 aliphatic heterocycles. The Hall–Kier alpha value is -2.69. The van der Waals surface area contributed by atoms with Crippen LogP contribution in [-0.2, 0) is 6.54 Å². The maximum atomic E-state index is 6.00. The minimum Gasteiger partial charge on any atom is -0.400 e.